The Balaban J connectivity index is 1.80. The summed E-state index contributed by atoms with van der Waals surface area (Å²) in [4.78, 5) is 11.6. The van der Waals surface area contributed by atoms with Crippen LogP contribution in [0.15, 0.2) is 48.7 Å². The molecule has 0 bridgehead atoms. The highest BCUT2D eigenvalue weighted by Gasteiger charge is 1.99. The zero-order valence-corrected chi connectivity index (χ0v) is 13.7. The average Bonchev–Trinajstić information content (AvgIpc) is 2.50. The molecule has 2 aromatic carbocycles. The SMILES string of the molecule is O=C(NC=Cc1ccc(Cl)c(Cl)c1)NCc1ccc(Cl)cc1. The Morgan fingerprint density at radius 1 is 1.00 bits per heavy atom. The molecule has 6 heteroatoms. The van der Waals surface area contributed by atoms with Crippen LogP contribution in [-0.2, 0) is 6.54 Å². The molecule has 0 saturated carbocycles. The largest absolute Gasteiger partial charge is 0.334 e. The molecule has 0 aliphatic rings. The van der Waals surface area contributed by atoms with Crippen molar-refractivity contribution in [2.24, 2.45) is 0 Å². The van der Waals surface area contributed by atoms with E-state index < -0.39 is 0 Å². The molecule has 0 saturated heterocycles. The minimum Gasteiger partial charge on any atom is -0.334 e. The number of carbonyl (C=O) groups excluding carboxylic acids is 1. The lowest BCUT2D eigenvalue weighted by Gasteiger charge is -2.05. The van der Waals surface area contributed by atoms with E-state index in [2.05, 4.69) is 10.6 Å². The van der Waals surface area contributed by atoms with Crippen LogP contribution in [-0.4, -0.2) is 6.03 Å². The van der Waals surface area contributed by atoms with Crippen LogP contribution in [0.1, 0.15) is 11.1 Å². The summed E-state index contributed by atoms with van der Waals surface area (Å²) >= 11 is 17.5. The monoisotopic (exact) mass is 354 g/mol. The van der Waals surface area contributed by atoms with Gasteiger partial charge in [-0.25, -0.2) is 4.79 Å². The first-order valence-corrected chi connectivity index (χ1v) is 7.58. The van der Waals surface area contributed by atoms with Crippen molar-refractivity contribution in [2.45, 2.75) is 6.54 Å². The number of benzene rings is 2. The highest BCUT2D eigenvalue weighted by molar-refractivity contribution is 6.42. The summed E-state index contributed by atoms with van der Waals surface area (Å²) < 4.78 is 0. The lowest BCUT2D eigenvalue weighted by molar-refractivity contribution is 0.244. The van der Waals surface area contributed by atoms with Crippen molar-refractivity contribution in [1.82, 2.24) is 10.6 Å². The van der Waals surface area contributed by atoms with Crippen LogP contribution in [0.5, 0.6) is 0 Å². The van der Waals surface area contributed by atoms with Crippen LogP contribution >= 0.6 is 34.8 Å². The van der Waals surface area contributed by atoms with Crippen molar-refractivity contribution >= 4 is 46.9 Å². The van der Waals surface area contributed by atoms with E-state index in [-0.39, 0.29) is 6.03 Å². The van der Waals surface area contributed by atoms with Crippen molar-refractivity contribution in [3.8, 4) is 0 Å². The van der Waals surface area contributed by atoms with Gasteiger partial charge in [-0.15, -0.1) is 0 Å². The number of urea groups is 1. The molecule has 0 aliphatic heterocycles. The third-order valence-corrected chi connectivity index (χ3v) is 3.79. The number of amides is 2. The van der Waals surface area contributed by atoms with E-state index in [9.17, 15) is 4.79 Å². The minimum atomic E-state index is -0.300. The van der Waals surface area contributed by atoms with Gasteiger partial charge in [-0.1, -0.05) is 53.0 Å². The van der Waals surface area contributed by atoms with Gasteiger partial charge in [-0.3, -0.25) is 0 Å². The Kier molecular flexibility index (Phi) is 6.13. The van der Waals surface area contributed by atoms with E-state index in [1.165, 1.54) is 6.20 Å². The van der Waals surface area contributed by atoms with E-state index in [1.54, 1.807) is 36.4 Å². The minimum absolute atomic E-state index is 0.300. The summed E-state index contributed by atoms with van der Waals surface area (Å²) in [6, 6.07) is 12.2. The van der Waals surface area contributed by atoms with Gasteiger partial charge in [0.15, 0.2) is 0 Å². The van der Waals surface area contributed by atoms with E-state index >= 15 is 0 Å². The summed E-state index contributed by atoms with van der Waals surface area (Å²) in [6.45, 7) is 0.420. The van der Waals surface area contributed by atoms with Crippen molar-refractivity contribution in [3.05, 3.63) is 74.9 Å². The smallest absolute Gasteiger partial charge is 0.319 e. The van der Waals surface area contributed by atoms with Crippen molar-refractivity contribution < 1.29 is 4.79 Å². The molecule has 0 heterocycles. The Morgan fingerprint density at radius 2 is 1.73 bits per heavy atom. The molecule has 2 rings (SSSR count). The first-order valence-electron chi connectivity index (χ1n) is 6.45. The second-order valence-electron chi connectivity index (χ2n) is 4.46. The van der Waals surface area contributed by atoms with Crippen molar-refractivity contribution in [2.75, 3.05) is 0 Å². The normalized spacial score (nSPS) is 10.7. The molecule has 0 fully saturated rings. The molecule has 2 aromatic rings. The van der Waals surface area contributed by atoms with Crippen molar-refractivity contribution in [1.29, 1.82) is 0 Å². The molecule has 0 aliphatic carbocycles. The summed E-state index contributed by atoms with van der Waals surface area (Å²) in [5.74, 6) is 0. The lowest BCUT2D eigenvalue weighted by atomic mass is 10.2. The van der Waals surface area contributed by atoms with E-state index in [0.717, 1.165) is 11.1 Å². The van der Waals surface area contributed by atoms with E-state index in [4.69, 9.17) is 34.8 Å². The van der Waals surface area contributed by atoms with Crippen LogP contribution in [0.3, 0.4) is 0 Å². The maximum atomic E-state index is 11.6. The topological polar surface area (TPSA) is 41.1 Å². The second kappa shape index (κ2) is 8.08. The Morgan fingerprint density at radius 3 is 2.41 bits per heavy atom. The fourth-order valence-electron chi connectivity index (χ4n) is 1.67. The highest BCUT2D eigenvalue weighted by Crippen LogP contribution is 2.22. The first-order chi connectivity index (χ1) is 10.5. The Labute approximate surface area is 143 Å². The van der Waals surface area contributed by atoms with Crippen LogP contribution in [0.25, 0.3) is 6.08 Å². The molecule has 0 aromatic heterocycles. The lowest BCUT2D eigenvalue weighted by Crippen LogP contribution is -2.31. The Bertz CT molecular complexity index is 684. The molecule has 0 unspecified atom stereocenters. The van der Waals surface area contributed by atoms with Crippen LogP contribution < -0.4 is 10.6 Å². The van der Waals surface area contributed by atoms with Gasteiger partial charge in [0, 0.05) is 17.8 Å². The maximum Gasteiger partial charge on any atom is 0.319 e. The van der Waals surface area contributed by atoms with Gasteiger partial charge in [-0.2, -0.15) is 0 Å². The van der Waals surface area contributed by atoms with Gasteiger partial charge in [0.05, 0.1) is 10.0 Å². The van der Waals surface area contributed by atoms with Gasteiger partial charge in [-0.05, 0) is 41.5 Å². The predicted molar refractivity (Wildman–Crippen MR) is 92.3 cm³/mol. The fourth-order valence-corrected chi connectivity index (χ4v) is 2.10. The summed E-state index contributed by atoms with van der Waals surface area (Å²) in [7, 11) is 0. The van der Waals surface area contributed by atoms with Crippen LogP contribution in [0.4, 0.5) is 4.79 Å². The van der Waals surface area contributed by atoms with Gasteiger partial charge in [0.25, 0.3) is 0 Å². The predicted octanol–water partition coefficient (Wildman–Crippen LogP) is 5.12. The zero-order valence-electron chi connectivity index (χ0n) is 11.4. The number of halogens is 3. The number of rotatable bonds is 4. The molecule has 3 nitrogen and oxygen atoms in total. The van der Waals surface area contributed by atoms with Gasteiger partial charge < -0.3 is 10.6 Å². The summed E-state index contributed by atoms with van der Waals surface area (Å²) in [5.41, 5.74) is 1.81. The quantitative estimate of drug-likeness (QED) is 0.785. The van der Waals surface area contributed by atoms with Gasteiger partial charge in [0.2, 0.25) is 0 Å². The average molecular weight is 356 g/mol. The highest BCUT2D eigenvalue weighted by atomic mass is 35.5. The Hall–Kier alpha value is -1.68. The third kappa shape index (κ3) is 5.26. The third-order valence-electron chi connectivity index (χ3n) is 2.80. The van der Waals surface area contributed by atoms with Gasteiger partial charge >= 0.3 is 6.03 Å². The molecule has 114 valence electrons. The maximum absolute atomic E-state index is 11.6. The summed E-state index contributed by atoms with van der Waals surface area (Å²) in [5, 5.41) is 6.97. The molecular formula is C16H13Cl3N2O. The number of carbonyl (C=O) groups is 1. The molecule has 2 N–H and O–H groups in total. The zero-order chi connectivity index (χ0) is 15.9. The van der Waals surface area contributed by atoms with Crippen LogP contribution in [0.2, 0.25) is 15.1 Å². The molecule has 0 radical (unpaired) electrons. The number of nitrogens with one attached hydrogen (secondary N) is 2. The fraction of sp³-hybridized carbons (Fsp3) is 0.0625. The second-order valence-corrected chi connectivity index (χ2v) is 5.71. The molecule has 22 heavy (non-hydrogen) atoms. The first kappa shape index (κ1) is 16.7. The van der Waals surface area contributed by atoms with E-state index in [0.29, 0.717) is 21.6 Å². The standard InChI is InChI=1S/C16H13Cl3N2O/c17-13-4-1-12(2-5-13)10-21-16(22)20-8-7-11-3-6-14(18)15(19)9-11/h1-9H,10H2,(H2,20,21,22). The van der Waals surface area contributed by atoms with E-state index in [1.807, 2.05) is 12.1 Å². The van der Waals surface area contributed by atoms with Gasteiger partial charge in [0.1, 0.15) is 0 Å². The summed E-state index contributed by atoms with van der Waals surface area (Å²) in [6.07, 6.45) is 3.26. The molecule has 0 spiro atoms. The molecular weight excluding hydrogens is 343 g/mol. The van der Waals surface area contributed by atoms with Crippen LogP contribution in [0, 0.1) is 0 Å². The number of hydrogen-bond donors (Lipinski definition) is 2. The number of hydrogen-bond acceptors (Lipinski definition) is 1. The molecule has 2 amide bonds. The van der Waals surface area contributed by atoms with Crippen molar-refractivity contribution in [3.63, 3.8) is 0 Å². The molecule has 0 atom stereocenters.